The highest BCUT2D eigenvalue weighted by Crippen LogP contribution is 2.32. The predicted octanol–water partition coefficient (Wildman–Crippen LogP) is 2.03. The number of hydrogen-bond donors (Lipinski definition) is 1. The smallest absolute Gasteiger partial charge is 0.362 e. The molecule has 98 valence electrons. The van der Waals surface area contributed by atoms with Gasteiger partial charge in [0, 0.05) is 6.54 Å². The number of amides is 1. The number of carbonyl (C=O) groups excluding carboxylic acids is 1. The van der Waals surface area contributed by atoms with E-state index in [0.717, 1.165) is 12.1 Å². The van der Waals surface area contributed by atoms with Crippen LogP contribution in [0.1, 0.15) is 17.2 Å². The van der Waals surface area contributed by atoms with Crippen LogP contribution in [0.15, 0.2) is 18.2 Å². The number of morpholine rings is 1. The third-order valence-corrected chi connectivity index (χ3v) is 2.52. The SMILES string of the molecule is O=C1CO[C@H](c2cc(F)cc(C(F)(F)F)c2)CN1. The fourth-order valence-corrected chi connectivity index (χ4v) is 1.67. The minimum atomic E-state index is -4.62. The maximum absolute atomic E-state index is 13.1. The van der Waals surface area contributed by atoms with Gasteiger partial charge < -0.3 is 10.1 Å². The van der Waals surface area contributed by atoms with Gasteiger partial charge in [-0.2, -0.15) is 13.2 Å². The van der Waals surface area contributed by atoms with Crippen molar-refractivity contribution in [3.05, 3.63) is 35.1 Å². The second-order valence-electron chi connectivity index (χ2n) is 3.87. The number of alkyl halides is 3. The van der Waals surface area contributed by atoms with E-state index in [9.17, 15) is 22.4 Å². The molecule has 1 atom stereocenters. The van der Waals surface area contributed by atoms with E-state index in [1.165, 1.54) is 0 Å². The lowest BCUT2D eigenvalue weighted by atomic mass is 10.0. The predicted molar refractivity (Wildman–Crippen MR) is 53.1 cm³/mol. The van der Waals surface area contributed by atoms with Crippen LogP contribution in [0.3, 0.4) is 0 Å². The normalized spacial score (nSPS) is 20.7. The number of nitrogens with one attached hydrogen (secondary N) is 1. The molecule has 0 bridgehead atoms. The van der Waals surface area contributed by atoms with Crippen LogP contribution in [0.25, 0.3) is 0 Å². The van der Waals surface area contributed by atoms with Gasteiger partial charge in [0.1, 0.15) is 18.5 Å². The summed E-state index contributed by atoms with van der Waals surface area (Å²) in [6.45, 7) is -0.220. The van der Waals surface area contributed by atoms with Crippen molar-refractivity contribution < 1.29 is 27.1 Å². The molecule has 1 saturated heterocycles. The van der Waals surface area contributed by atoms with Gasteiger partial charge in [-0.3, -0.25) is 4.79 Å². The minimum Gasteiger partial charge on any atom is -0.362 e. The maximum atomic E-state index is 13.1. The average molecular weight is 263 g/mol. The zero-order valence-electron chi connectivity index (χ0n) is 9.05. The number of hydrogen-bond acceptors (Lipinski definition) is 2. The van der Waals surface area contributed by atoms with Crippen LogP contribution < -0.4 is 5.32 Å². The molecule has 1 aromatic rings. The molecular weight excluding hydrogens is 254 g/mol. The summed E-state index contributed by atoms with van der Waals surface area (Å²) >= 11 is 0. The molecule has 0 radical (unpaired) electrons. The second kappa shape index (κ2) is 4.56. The molecule has 0 unspecified atom stereocenters. The summed E-state index contributed by atoms with van der Waals surface area (Å²) in [6, 6.07) is 2.22. The van der Waals surface area contributed by atoms with Gasteiger partial charge in [-0.05, 0) is 23.8 Å². The highest BCUT2D eigenvalue weighted by Gasteiger charge is 2.32. The van der Waals surface area contributed by atoms with Crippen LogP contribution in [-0.4, -0.2) is 19.1 Å². The lowest BCUT2D eigenvalue weighted by Gasteiger charge is -2.24. The van der Waals surface area contributed by atoms with Gasteiger partial charge in [-0.15, -0.1) is 0 Å². The highest BCUT2D eigenvalue weighted by molar-refractivity contribution is 5.77. The zero-order valence-corrected chi connectivity index (χ0v) is 9.05. The molecule has 0 saturated carbocycles. The standard InChI is InChI=1S/C11H9F4NO2/c12-8-2-6(1-7(3-8)11(13,14)15)9-4-16-10(17)5-18-9/h1-3,9H,4-5H2,(H,16,17)/t9-/m0/s1. The highest BCUT2D eigenvalue weighted by atomic mass is 19.4. The van der Waals surface area contributed by atoms with Crippen LogP contribution in [-0.2, 0) is 15.7 Å². The molecule has 1 amide bonds. The average Bonchev–Trinajstić information content (AvgIpc) is 2.28. The van der Waals surface area contributed by atoms with Crippen LogP contribution in [0, 0.1) is 5.82 Å². The van der Waals surface area contributed by atoms with E-state index in [4.69, 9.17) is 4.74 Å². The van der Waals surface area contributed by atoms with Crippen LogP contribution in [0.2, 0.25) is 0 Å². The van der Waals surface area contributed by atoms with Gasteiger partial charge in [-0.1, -0.05) is 0 Å². The first kappa shape index (κ1) is 12.8. The summed E-state index contributed by atoms with van der Waals surface area (Å²) in [5.74, 6) is -1.33. The molecule has 7 heteroatoms. The number of benzene rings is 1. The Morgan fingerprint density at radius 2 is 2.00 bits per heavy atom. The Morgan fingerprint density at radius 3 is 2.56 bits per heavy atom. The molecular formula is C11H9F4NO2. The van der Waals surface area contributed by atoms with Crippen molar-refractivity contribution in [3.63, 3.8) is 0 Å². The second-order valence-corrected chi connectivity index (χ2v) is 3.87. The molecule has 0 spiro atoms. The quantitative estimate of drug-likeness (QED) is 0.787. The first-order chi connectivity index (χ1) is 8.36. The van der Waals surface area contributed by atoms with E-state index in [-0.39, 0.29) is 24.6 Å². The van der Waals surface area contributed by atoms with E-state index in [1.807, 2.05) is 0 Å². The molecule has 18 heavy (non-hydrogen) atoms. The van der Waals surface area contributed by atoms with E-state index in [1.54, 1.807) is 0 Å². The first-order valence-corrected chi connectivity index (χ1v) is 5.12. The lowest BCUT2D eigenvalue weighted by Crippen LogP contribution is -2.38. The lowest BCUT2D eigenvalue weighted by molar-refractivity contribution is -0.138. The van der Waals surface area contributed by atoms with E-state index < -0.39 is 23.7 Å². The van der Waals surface area contributed by atoms with E-state index in [2.05, 4.69) is 5.32 Å². The number of rotatable bonds is 1. The molecule has 1 aliphatic rings. The van der Waals surface area contributed by atoms with Gasteiger partial charge in [0.05, 0.1) is 5.56 Å². The Balaban J connectivity index is 2.28. The summed E-state index contributed by atoms with van der Waals surface area (Å²) in [4.78, 5) is 10.8. The molecule has 1 aromatic carbocycles. The Hall–Kier alpha value is -1.63. The fourth-order valence-electron chi connectivity index (χ4n) is 1.67. The fraction of sp³-hybridized carbons (Fsp3) is 0.364. The summed E-state index contributed by atoms with van der Waals surface area (Å²) in [7, 11) is 0. The molecule has 0 aromatic heterocycles. The van der Waals surface area contributed by atoms with Crippen LogP contribution in [0.5, 0.6) is 0 Å². The summed E-state index contributed by atoms with van der Waals surface area (Å²) in [5.41, 5.74) is -1.01. The Morgan fingerprint density at radius 1 is 1.28 bits per heavy atom. The molecule has 1 N–H and O–H groups in total. The number of carbonyl (C=O) groups is 1. The molecule has 2 rings (SSSR count). The van der Waals surface area contributed by atoms with Crippen molar-refractivity contribution in [1.29, 1.82) is 0 Å². The number of ether oxygens (including phenoxy) is 1. The summed E-state index contributed by atoms with van der Waals surface area (Å²) in [5, 5.41) is 2.44. The van der Waals surface area contributed by atoms with Crippen molar-refractivity contribution in [3.8, 4) is 0 Å². The maximum Gasteiger partial charge on any atom is 0.416 e. The first-order valence-electron chi connectivity index (χ1n) is 5.12. The number of halogens is 4. The monoisotopic (exact) mass is 263 g/mol. The van der Waals surface area contributed by atoms with Crippen LogP contribution >= 0.6 is 0 Å². The molecule has 1 fully saturated rings. The Bertz CT molecular complexity index is 463. The van der Waals surface area contributed by atoms with Crippen molar-refractivity contribution in [1.82, 2.24) is 5.32 Å². The zero-order chi connectivity index (χ0) is 13.3. The van der Waals surface area contributed by atoms with Crippen molar-refractivity contribution in [2.45, 2.75) is 12.3 Å². The van der Waals surface area contributed by atoms with Crippen molar-refractivity contribution in [2.24, 2.45) is 0 Å². The van der Waals surface area contributed by atoms with E-state index >= 15 is 0 Å². The summed E-state index contributed by atoms with van der Waals surface area (Å²) < 4.78 is 55.7. The third-order valence-electron chi connectivity index (χ3n) is 2.52. The molecule has 1 aliphatic heterocycles. The minimum absolute atomic E-state index is 0.0274. The summed E-state index contributed by atoms with van der Waals surface area (Å²) in [6.07, 6.45) is -5.38. The van der Waals surface area contributed by atoms with Gasteiger partial charge in [0.2, 0.25) is 5.91 Å². The van der Waals surface area contributed by atoms with Crippen molar-refractivity contribution >= 4 is 5.91 Å². The third kappa shape index (κ3) is 2.79. The Labute approximate surface area is 99.7 Å². The molecule has 3 nitrogen and oxygen atoms in total. The van der Waals surface area contributed by atoms with Crippen molar-refractivity contribution in [2.75, 3.05) is 13.2 Å². The van der Waals surface area contributed by atoms with Gasteiger partial charge in [0.15, 0.2) is 0 Å². The topological polar surface area (TPSA) is 38.3 Å². The van der Waals surface area contributed by atoms with Gasteiger partial charge in [0.25, 0.3) is 0 Å². The van der Waals surface area contributed by atoms with Gasteiger partial charge in [-0.25, -0.2) is 4.39 Å². The van der Waals surface area contributed by atoms with Crippen LogP contribution in [0.4, 0.5) is 17.6 Å². The largest absolute Gasteiger partial charge is 0.416 e. The Kier molecular flexibility index (Phi) is 3.25. The molecule has 0 aliphatic carbocycles. The van der Waals surface area contributed by atoms with Gasteiger partial charge >= 0.3 is 6.18 Å². The van der Waals surface area contributed by atoms with E-state index in [0.29, 0.717) is 6.07 Å². The molecule has 1 heterocycles.